The third-order valence-corrected chi connectivity index (χ3v) is 3.51. The highest BCUT2D eigenvalue weighted by Crippen LogP contribution is 2.24. The average molecular weight is 349 g/mol. The zero-order valence-electron chi connectivity index (χ0n) is 12.5. The number of anilines is 1. The topological polar surface area (TPSA) is 90.9 Å². The minimum absolute atomic E-state index is 0.105. The molecule has 0 aliphatic rings. The summed E-state index contributed by atoms with van der Waals surface area (Å²) in [4.78, 5) is 1.24. The predicted molar refractivity (Wildman–Crippen MR) is 87.5 cm³/mol. The second kappa shape index (κ2) is 7.14. The maximum absolute atomic E-state index is 13.7. The van der Waals surface area contributed by atoms with Crippen molar-refractivity contribution in [2.45, 2.75) is 13.2 Å². The summed E-state index contributed by atoms with van der Waals surface area (Å²) in [7, 11) is 0. The second-order valence-electron chi connectivity index (χ2n) is 4.92. The molecule has 0 aliphatic carbocycles. The van der Waals surface area contributed by atoms with Gasteiger partial charge in [0.15, 0.2) is 0 Å². The van der Waals surface area contributed by atoms with E-state index in [0.29, 0.717) is 22.9 Å². The van der Waals surface area contributed by atoms with Gasteiger partial charge in [-0.3, -0.25) is 0 Å². The molecule has 0 aliphatic heterocycles. The molecule has 1 aromatic heterocycles. The van der Waals surface area contributed by atoms with E-state index >= 15 is 0 Å². The first-order chi connectivity index (χ1) is 11.6. The van der Waals surface area contributed by atoms with Gasteiger partial charge in [-0.1, -0.05) is 34.9 Å². The highest BCUT2D eigenvalue weighted by Gasteiger charge is 2.09. The van der Waals surface area contributed by atoms with Crippen LogP contribution in [0, 0.1) is 5.82 Å². The summed E-state index contributed by atoms with van der Waals surface area (Å²) < 4.78 is 19.4. The Balaban J connectivity index is 1.73. The molecule has 0 saturated heterocycles. The molecular weight excluding hydrogens is 335 g/mol. The quantitative estimate of drug-likeness (QED) is 0.710. The smallest absolute Gasteiger partial charge is 0.260 e. The molecule has 24 heavy (non-hydrogen) atoms. The fraction of sp³-hybridized carbons (Fsp3) is 0.133. The van der Waals surface area contributed by atoms with Crippen molar-refractivity contribution in [3.63, 3.8) is 0 Å². The molecule has 0 fully saturated rings. The summed E-state index contributed by atoms with van der Waals surface area (Å²) in [5.74, 6) is 0.389. The van der Waals surface area contributed by atoms with Crippen LogP contribution in [0.4, 0.5) is 10.3 Å². The van der Waals surface area contributed by atoms with Crippen LogP contribution >= 0.6 is 11.6 Å². The van der Waals surface area contributed by atoms with Crippen LogP contribution in [0.1, 0.15) is 11.1 Å². The van der Waals surface area contributed by atoms with Gasteiger partial charge >= 0.3 is 0 Å². The van der Waals surface area contributed by atoms with Gasteiger partial charge in [0.1, 0.15) is 18.2 Å². The van der Waals surface area contributed by atoms with Crippen molar-refractivity contribution in [3.8, 4) is 5.75 Å². The Morgan fingerprint density at radius 2 is 2.04 bits per heavy atom. The highest BCUT2D eigenvalue weighted by molar-refractivity contribution is 6.30. The Hall–Kier alpha value is -2.87. The molecule has 9 heteroatoms. The monoisotopic (exact) mass is 348 g/mol. The van der Waals surface area contributed by atoms with Gasteiger partial charge in [-0.05, 0) is 34.7 Å². The van der Waals surface area contributed by atoms with Crippen LogP contribution in [0.3, 0.4) is 0 Å². The van der Waals surface area contributed by atoms with E-state index in [1.54, 1.807) is 36.4 Å². The predicted octanol–water partition coefficient (Wildman–Crippen LogP) is 2.37. The molecule has 0 atom stereocenters. The lowest BCUT2D eigenvalue weighted by molar-refractivity contribution is 0.297. The summed E-state index contributed by atoms with van der Waals surface area (Å²) in [6.45, 7) is 0.427. The average Bonchev–Trinajstić information content (AvgIpc) is 2.98. The number of rotatable bonds is 6. The van der Waals surface area contributed by atoms with Crippen LogP contribution in [0.2, 0.25) is 5.02 Å². The third kappa shape index (κ3) is 3.72. The molecule has 0 amide bonds. The summed E-state index contributed by atoms with van der Waals surface area (Å²) >= 11 is 6.04. The van der Waals surface area contributed by atoms with Gasteiger partial charge in [0, 0.05) is 16.1 Å². The Bertz CT molecular complexity index is 840. The Morgan fingerprint density at radius 3 is 2.79 bits per heavy atom. The normalized spacial score (nSPS) is 10.6. The van der Waals surface area contributed by atoms with Gasteiger partial charge in [-0.2, -0.15) is 0 Å². The Labute approximate surface area is 142 Å². The Morgan fingerprint density at radius 1 is 1.21 bits per heavy atom. The van der Waals surface area contributed by atoms with Gasteiger partial charge in [0.25, 0.3) is 5.95 Å². The van der Waals surface area contributed by atoms with E-state index in [2.05, 4.69) is 21.0 Å². The molecule has 0 radical (unpaired) electrons. The van der Waals surface area contributed by atoms with E-state index in [4.69, 9.17) is 22.1 Å². The fourth-order valence-electron chi connectivity index (χ4n) is 2.06. The number of nitrogens with two attached hydrogens (primary N) is 1. The van der Waals surface area contributed by atoms with E-state index in [9.17, 15) is 4.39 Å². The Kier molecular flexibility index (Phi) is 4.76. The van der Waals surface area contributed by atoms with E-state index in [-0.39, 0.29) is 18.4 Å². The molecular formula is C15H14ClFN6O. The molecule has 2 aromatic carbocycles. The lowest BCUT2D eigenvalue weighted by Crippen LogP contribution is -2.18. The van der Waals surface area contributed by atoms with Crippen LogP contribution in [0.15, 0.2) is 42.5 Å². The molecule has 1 heterocycles. The summed E-state index contributed by atoms with van der Waals surface area (Å²) in [5.41, 5.74) is 9.75. The highest BCUT2D eigenvalue weighted by atomic mass is 35.5. The first-order valence-electron chi connectivity index (χ1n) is 7.06. The first-order valence-corrected chi connectivity index (χ1v) is 7.43. The van der Waals surface area contributed by atoms with Gasteiger partial charge in [-0.25, -0.2) is 4.39 Å². The van der Waals surface area contributed by atoms with E-state index in [0.717, 1.165) is 5.56 Å². The van der Waals surface area contributed by atoms with E-state index < -0.39 is 0 Å². The number of nitrogens with zero attached hydrogens (tertiary/aromatic N) is 4. The zero-order valence-corrected chi connectivity index (χ0v) is 13.2. The number of tetrazole rings is 1. The van der Waals surface area contributed by atoms with Crippen LogP contribution in [0.25, 0.3) is 0 Å². The minimum atomic E-state index is -0.312. The van der Waals surface area contributed by atoms with Gasteiger partial charge in [-0.15, -0.1) is 4.79 Å². The molecule has 3 rings (SSSR count). The van der Waals surface area contributed by atoms with Crippen LogP contribution in [-0.2, 0) is 13.2 Å². The van der Waals surface area contributed by atoms with Gasteiger partial charge in [0.2, 0.25) is 0 Å². The first kappa shape index (κ1) is 16.0. The number of nitrogen functional groups attached to an aromatic ring is 1. The van der Waals surface area contributed by atoms with E-state index in [1.807, 2.05) is 0 Å². The third-order valence-electron chi connectivity index (χ3n) is 3.28. The molecule has 3 aromatic rings. The summed E-state index contributed by atoms with van der Waals surface area (Å²) in [6.07, 6.45) is 0. The standard InChI is InChI=1S/C15H14ClFN6O/c16-12-5-6-14(24-9-10-3-1-2-4-13(10)17)11(7-12)8-19-23-15(18)20-21-22-23/h1-7,19H,8-9H2,(H2,18,20,22). The molecule has 124 valence electrons. The van der Waals surface area contributed by atoms with Crippen LogP contribution in [0.5, 0.6) is 5.75 Å². The molecule has 7 nitrogen and oxygen atoms in total. The maximum Gasteiger partial charge on any atom is 0.260 e. The van der Waals surface area contributed by atoms with Crippen molar-refractivity contribution < 1.29 is 9.13 Å². The molecule has 0 spiro atoms. The summed E-state index contributed by atoms with van der Waals surface area (Å²) in [5, 5.41) is 11.2. The van der Waals surface area contributed by atoms with Crippen LogP contribution in [-0.4, -0.2) is 20.3 Å². The number of halogens is 2. The lowest BCUT2D eigenvalue weighted by atomic mass is 10.2. The van der Waals surface area contributed by atoms with Gasteiger partial charge in [0.05, 0.1) is 6.54 Å². The fourth-order valence-corrected chi connectivity index (χ4v) is 2.26. The number of aromatic nitrogens is 4. The number of hydrogen-bond acceptors (Lipinski definition) is 6. The number of nitrogens with one attached hydrogen (secondary N) is 1. The molecule has 0 unspecified atom stereocenters. The molecule has 3 N–H and O–H groups in total. The number of hydrogen-bond donors (Lipinski definition) is 2. The van der Waals surface area contributed by atoms with Crippen molar-refractivity contribution in [1.29, 1.82) is 0 Å². The molecule has 0 saturated carbocycles. The number of benzene rings is 2. The SMILES string of the molecule is Nc1nnnn1NCc1cc(Cl)ccc1OCc1ccccc1F. The van der Waals surface area contributed by atoms with Crippen LogP contribution < -0.4 is 15.9 Å². The summed E-state index contributed by atoms with van der Waals surface area (Å²) in [6, 6.07) is 11.6. The van der Waals surface area contributed by atoms with Crippen molar-refractivity contribution in [3.05, 3.63) is 64.4 Å². The minimum Gasteiger partial charge on any atom is -0.488 e. The number of ether oxygens (including phenoxy) is 1. The zero-order chi connectivity index (χ0) is 16.9. The van der Waals surface area contributed by atoms with Crippen molar-refractivity contribution in [1.82, 2.24) is 20.3 Å². The molecule has 0 bridgehead atoms. The van der Waals surface area contributed by atoms with Crippen molar-refractivity contribution in [2.75, 3.05) is 11.2 Å². The second-order valence-corrected chi connectivity index (χ2v) is 5.35. The van der Waals surface area contributed by atoms with E-state index in [1.165, 1.54) is 10.9 Å². The lowest BCUT2D eigenvalue weighted by Gasteiger charge is -2.13. The van der Waals surface area contributed by atoms with Crippen molar-refractivity contribution >= 4 is 17.5 Å². The van der Waals surface area contributed by atoms with Gasteiger partial charge < -0.3 is 15.9 Å². The van der Waals surface area contributed by atoms with Crippen molar-refractivity contribution in [2.24, 2.45) is 0 Å². The largest absolute Gasteiger partial charge is 0.488 e. The maximum atomic E-state index is 13.7.